The number of carbonyl (C=O) groups is 2. The highest BCUT2D eigenvalue weighted by atomic mass is 16.4. The van der Waals surface area contributed by atoms with Crippen molar-refractivity contribution in [2.24, 2.45) is 0 Å². The molecule has 0 atom stereocenters. The molecule has 1 aromatic carbocycles. The van der Waals surface area contributed by atoms with Gasteiger partial charge in [-0.15, -0.1) is 0 Å². The number of aliphatic carboxylic acids is 1. The fraction of sp³-hybridized carbons (Fsp3) is 0.167. The minimum atomic E-state index is -0.899. The van der Waals surface area contributed by atoms with E-state index in [9.17, 15) is 9.59 Å². The van der Waals surface area contributed by atoms with E-state index in [-0.39, 0.29) is 12.5 Å². The third-order valence-electron chi connectivity index (χ3n) is 2.92. The Morgan fingerprint density at radius 1 is 1.47 bits per heavy atom. The summed E-state index contributed by atoms with van der Waals surface area (Å²) in [6.45, 7) is -0.101. The first-order valence-corrected chi connectivity index (χ1v) is 5.27. The molecule has 1 aliphatic heterocycles. The van der Waals surface area contributed by atoms with Crippen LogP contribution in [0, 0.1) is 0 Å². The summed E-state index contributed by atoms with van der Waals surface area (Å²) in [5.74, 6) is -0.956. The van der Waals surface area contributed by atoms with Gasteiger partial charge in [-0.1, -0.05) is 12.1 Å². The zero-order chi connectivity index (χ0) is 12.0. The van der Waals surface area contributed by atoms with Crippen LogP contribution in [0.5, 0.6) is 0 Å². The molecular formula is C12H10N2O3. The molecule has 1 aliphatic rings. The zero-order valence-corrected chi connectivity index (χ0v) is 8.93. The van der Waals surface area contributed by atoms with Gasteiger partial charge in [0.15, 0.2) is 0 Å². The lowest BCUT2D eigenvalue weighted by Gasteiger charge is -2.12. The number of benzene rings is 1. The van der Waals surface area contributed by atoms with Crippen LogP contribution in [-0.4, -0.2) is 21.6 Å². The maximum Gasteiger partial charge on any atom is 0.323 e. The van der Waals surface area contributed by atoms with Crippen molar-refractivity contribution in [3.63, 3.8) is 0 Å². The standard InChI is InChI=1S/C12H10N2O3/c15-10-4-7-2-1-3-9-12(7)8(13-10)5-14(9)6-11(16)17/h1-3,5H,4,6H2,(H,13,15)(H,16,17). The number of nitrogens with one attached hydrogen (secondary N) is 1. The van der Waals surface area contributed by atoms with Crippen LogP contribution in [-0.2, 0) is 22.6 Å². The van der Waals surface area contributed by atoms with E-state index in [1.807, 2.05) is 18.2 Å². The topological polar surface area (TPSA) is 71.3 Å². The van der Waals surface area contributed by atoms with Gasteiger partial charge < -0.3 is 15.0 Å². The normalized spacial score (nSPS) is 13.8. The number of carboxylic acids is 1. The van der Waals surface area contributed by atoms with Crippen LogP contribution in [0.15, 0.2) is 24.4 Å². The molecule has 0 spiro atoms. The first-order chi connectivity index (χ1) is 8.15. The fourth-order valence-corrected chi connectivity index (χ4v) is 2.31. The van der Waals surface area contributed by atoms with Gasteiger partial charge in [-0.05, 0) is 11.6 Å². The van der Waals surface area contributed by atoms with Crippen molar-refractivity contribution in [2.75, 3.05) is 5.32 Å². The van der Waals surface area contributed by atoms with Crippen LogP contribution in [0.4, 0.5) is 5.69 Å². The van der Waals surface area contributed by atoms with Crippen molar-refractivity contribution in [2.45, 2.75) is 13.0 Å². The van der Waals surface area contributed by atoms with Gasteiger partial charge in [0, 0.05) is 11.6 Å². The minimum absolute atomic E-state index is 0.0573. The summed E-state index contributed by atoms with van der Waals surface area (Å²) in [5.41, 5.74) is 2.50. The Kier molecular flexibility index (Phi) is 1.95. The lowest BCUT2D eigenvalue weighted by molar-refractivity contribution is -0.137. The maximum absolute atomic E-state index is 11.5. The highest BCUT2D eigenvalue weighted by Crippen LogP contribution is 2.32. The molecule has 0 saturated heterocycles. The average Bonchev–Trinajstić information content (AvgIpc) is 2.57. The Morgan fingerprint density at radius 2 is 2.29 bits per heavy atom. The van der Waals surface area contributed by atoms with E-state index in [2.05, 4.69) is 5.32 Å². The number of amides is 1. The van der Waals surface area contributed by atoms with Crippen molar-refractivity contribution >= 4 is 28.5 Å². The third kappa shape index (κ3) is 1.47. The number of hydrogen-bond donors (Lipinski definition) is 2. The fourth-order valence-electron chi connectivity index (χ4n) is 2.31. The number of anilines is 1. The van der Waals surface area contributed by atoms with E-state index in [0.29, 0.717) is 12.1 Å². The second-order valence-corrected chi connectivity index (χ2v) is 4.10. The molecule has 2 aromatic rings. The van der Waals surface area contributed by atoms with Crippen LogP contribution in [0.3, 0.4) is 0 Å². The minimum Gasteiger partial charge on any atom is -0.480 e. The van der Waals surface area contributed by atoms with Gasteiger partial charge in [-0.2, -0.15) is 0 Å². The predicted octanol–water partition coefficient (Wildman–Crippen LogP) is 1.22. The summed E-state index contributed by atoms with van der Waals surface area (Å²) in [4.78, 5) is 22.2. The van der Waals surface area contributed by atoms with Crippen molar-refractivity contribution < 1.29 is 14.7 Å². The van der Waals surface area contributed by atoms with Crippen LogP contribution >= 0.6 is 0 Å². The Hall–Kier alpha value is -2.30. The molecule has 1 amide bonds. The molecule has 0 saturated carbocycles. The summed E-state index contributed by atoms with van der Waals surface area (Å²) in [6, 6.07) is 5.61. The molecular weight excluding hydrogens is 220 g/mol. The SMILES string of the molecule is O=C(O)Cn1cc2c3c(cccc31)CC(=O)N2. The Labute approximate surface area is 96.7 Å². The summed E-state index contributed by atoms with van der Waals surface area (Å²) in [5, 5.41) is 12.6. The molecule has 5 heteroatoms. The number of nitrogens with zero attached hydrogens (tertiary/aromatic N) is 1. The lowest BCUT2D eigenvalue weighted by Crippen LogP contribution is -2.18. The van der Waals surface area contributed by atoms with E-state index in [1.165, 1.54) is 0 Å². The Bertz CT molecular complexity index is 642. The predicted molar refractivity (Wildman–Crippen MR) is 61.9 cm³/mol. The van der Waals surface area contributed by atoms with Gasteiger partial charge >= 0.3 is 5.97 Å². The van der Waals surface area contributed by atoms with E-state index < -0.39 is 5.97 Å². The van der Waals surface area contributed by atoms with E-state index >= 15 is 0 Å². The number of aromatic nitrogens is 1. The second kappa shape index (κ2) is 3.35. The van der Waals surface area contributed by atoms with Gasteiger partial charge in [0.05, 0.1) is 17.6 Å². The van der Waals surface area contributed by atoms with E-state index in [1.54, 1.807) is 10.8 Å². The molecule has 0 radical (unpaired) electrons. The quantitative estimate of drug-likeness (QED) is 0.814. The van der Waals surface area contributed by atoms with Crippen LogP contribution in [0.25, 0.3) is 10.9 Å². The van der Waals surface area contributed by atoms with E-state index in [4.69, 9.17) is 5.11 Å². The highest BCUT2D eigenvalue weighted by molar-refractivity contribution is 6.09. The lowest BCUT2D eigenvalue weighted by atomic mass is 10.0. The Morgan fingerprint density at radius 3 is 3.06 bits per heavy atom. The van der Waals surface area contributed by atoms with Crippen molar-refractivity contribution in [1.29, 1.82) is 0 Å². The van der Waals surface area contributed by atoms with Crippen molar-refractivity contribution in [1.82, 2.24) is 4.57 Å². The first kappa shape index (κ1) is 9.89. The summed E-state index contributed by atoms with van der Waals surface area (Å²) >= 11 is 0. The monoisotopic (exact) mass is 230 g/mol. The molecule has 86 valence electrons. The third-order valence-corrected chi connectivity index (χ3v) is 2.92. The molecule has 3 rings (SSSR count). The highest BCUT2D eigenvalue weighted by Gasteiger charge is 2.20. The van der Waals surface area contributed by atoms with E-state index in [0.717, 1.165) is 16.5 Å². The second-order valence-electron chi connectivity index (χ2n) is 4.10. The smallest absolute Gasteiger partial charge is 0.323 e. The number of hydrogen-bond acceptors (Lipinski definition) is 2. The number of carboxylic acid groups (broad SMARTS) is 1. The molecule has 0 aliphatic carbocycles. The molecule has 0 bridgehead atoms. The van der Waals surface area contributed by atoms with Gasteiger partial charge in [0.25, 0.3) is 0 Å². The van der Waals surface area contributed by atoms with Crippen LogP contribution in [0.2, 0.25) is 0 Å². The zero-order valence-electron chi connectivity index (χ0n) is 8.93. The van der Waals surface area contributed by atoms with Crippen molar-refractivity contribution in [3.8, 4) is 0 Å². The van der Waals surface area contributed by atoms with Gasteiger partial charge in [-0.25, -0.2) is 0 Å². The number of rotatable bonds is 2. The number of carbonyl (C=O) groups excluding carboxylic acids is 1. The molecule has 17 heavy (non-hydrogen) atoms. The van der Waals surface area contributed by atoms with Crippen LogP contribution in [0.1, 0.15) is 5.56 Å². The summed E-state index contributed by atoms with van der Waals surface area (Å²) in [6.07, 6.45) is 2.03. The maximum atomic E-state index is 11.5. The molecule has 0 unspecified atom stereocenters. The first-order valence-electron chi connectivity index (χ1n) is 5.27. The van der Waals surface area contributed by atoms with Gasteiger partial charge in [0.1, 0.15) is 6.54 Å². The Balaban J connectivity index is 2.26. The molecule has 0 fully saturated rings. The molecule has 1 aromatic heterocycles. The average molecular weight is 230 g/mol. The molecule has 2 N–H and O–H groups in total. The molecule has 2 heterocycles. The van der Waals surface area contributed by atoms with Gasteiger partial charge in [0.2, 0.25) is 5.91 Å². The summed E-state index contributed by atoms with van der Waals surface area (Å²) < 4.78 is 1.64. The van der Waals surface area contributed by atoms with Gasteiger partial charge in [-0.3, -0.25) is 9.59 Å². The largest absolute Gasteiger partial charge is 0.480 e. The van der Waals surface area contributed by atoms with Crippen LogP contribution < -0.4 is 5.32 Å². The molecule has 5 nitrogen and oxygen atoms in total. The summed E-state index contributed by atoms with van der Waals surface area (Å²) in [7, 11) is 0. The van der Waals surface area contributed by atoms with Crippen molar-refractivity contribution in [3.05, 3.63) is 30.0 Å².